The van der Waals surface area contributed by atoms with Crippen molar-refractivity contribution in [2.75, 3.05) is 24.9 Å². The van der Waals surface area contributed by atoms with Gasteiger partial charge in [-0.1, -0.05) is 54.6 Å². The van der Waals surface area contributed by atoms with Crippen LogP contribution in [-0.4, -0.2) is 31.3 Å². The summed E-state index contributed by atoms with van der Waals surface area (Å²) in [5, 5.41) is 21.0. The summed E-state index contributed by atoms with van der Waals surface area (Å²) in [7, 11) is 3.05. The standard InChI is InChI=1S/C27H25N3O5/c1-34-18-12-13-25(35-2)22(15-18)29-27(32)24(14-17-8-4-3-5-9-17)28-23-16-21(30-33)19-10-6-7-11-20(19)26(23)31/h3-13,15-16,24,28,31H,14H2,1-2H3,(H,29,32)/t24-/m1/s1. The second-order valence-electron chi connectivity index (χ2n) is 7.87. The molecule has 0 saturated carbocycles. The molecule has 1 amide bonds. The molecule has 4 aromatic carbocycles. The number of rotatable bonds is 9. The number of phenolic OH excluding ortho intramolecular Hbond substituents is 1. The number of hydrogen-bond donors (Lipinski definition) is 3. The molecule has 0 spiro atoms. The van der Waals surface area contributed by atoms with Crippen LogP contribution in [0.3, 0.4) is 0 Å². The maximum absolute atomic E-state index is 13.5. The molecular formula is C27H25N3O5. The third-order valence-electron chi connectivity index (χ3n) is 5.69. The Morgan fingerprint density at radius 1 is 0.914 bits per heavy atom. The van der Waals surface area contributed by atoms with E-state index in [0.29, 0.717) is 34.4 Å². The Hall–Kier alpha value is -4.59. The highest BCUT2D eigenvalue weighted by molar-refractivity contribution is 6.03. The van der Waals surface area contributed by atoms with Gasteiger partial charge in [0.15, 0.2) is 0 Å². The number of phenols is 1. The van der Waals surface area contributed by atoms with Crippen molar-refractivity contribution in [1.29, 1.82) is 0 Å². The van der Waals surface area contributed by atoms with Gasteiger partial charge in [-0.3, -0.25) is 4.79 Å². The molecule has 3 N–H and O–H groups in total. The van der Waals surface area contributed by atoms with Crippen molar-refractivity contribution in [2.45, 2.75) is 12.5 Å². The van der Waals surface area contributed by atoms with E-state index >= 15 is 0 Å². The Balaban J connectivity index is 1.71. The van der Waals surface area contributed by atoms with Crippen molar-refractivity contribution in [3.8, 4) is 17.2 Å². The second kappa shape index (κ2) is 10.6. The second-order valence-corrected chi connectivity index (χ2v) is 7.87. The molecule has 8 nitrogen and oxygen atoms in total. The Labute approximate surface area is 202 Å². The van der Waals surface area contributed by atoms with Crippen LogP contribution in [0, 0.1) is 4.91 Å². The quantitative estimate of drug-likeness (QED) is 0.216. The number of amides is 1. The fourth-order valence-electron chi connectivity index (χ4n) is 3.90. The van der Waals surface area contributed by atoms with E-state index in [1.54, 1.807) is 42.5 Å². The molecule has 0 aromatic heterocycles. The average Bonchev–Trinajstić information content (AvgIpc) is 2.90. The largest absolute Gasteiger partial charge is 0.505 e. The number of carbonyl (C=O) groups is 1. The summed E-state index contributed by atoms with van der Waals surface area (Å²) in [6.07, 6.45) is 0.315. The van der Waals surface area contributed by atoms with Crippen molar-refractivity contribution in [3.05, 3.63) is 89.3 Å². The van der Waals surface area contributed by atoms with Gasteiger partial charge in [-0.2, -0.15) is 0 Å². The van der Waals surface area contributed by atoms with Gasteiger partial charge in [0.1, 0.15) is 29.0 Å². The van der Waals surface area contributed by atoms with Crippen LogP contribution in [0.5, 0.6) is 17.2 Å². The topological polar surface area (TPSA) is 109 Å². The summed E-state index contributed by atoms with van der Waals surface area (Å²) >= 11 is 0. The summed E-state index contributed by atoms with van der Waals surface area (Å²) in [5.41, 5.74) is 1.74. The molecule has 0 radical (unpaired) electrons. The lowest BCUT2D eigenvalue weighted by atomic mass is 10.0. The molecule has 0 heterocycles. The molecule has 1 atom stereocenters. The molecule has 0 aliphatic rings. The lowest BCUT2D eigenvalue weighted by molar-refractivity contribution is -0.116. The molecule has 0 fully saturated rings. The van der Waals surface area contributed by atoms with Crippen LogP contribution in [0.4, 0.5) is 17.1 Å². The van der Waals surface area contributed by atoms with Crippen LogP contribution in [0.2, 0.25) is 0 Å². The van der Waals surface area contributed by atoms with Gasteiger partial charge >= 0.3 is 0 Å². The zero-order valence-electron chi connectivity index (χ0n) is 19.3. The number of nitrogens with one attached hydrogen (secondary N) is 2. The van der Waals surface area contributed by atoms with E-state index in [1.165, 1.54) is 20.3 Å². The smallest absolute Gasteiger partial charge is 0.247 e. The first kappa shape index (κ1) is 23.6. The van der Waals surface area contributed by atoms with Crippen molar-refractivity contribution in [1.82, 2.24) is 0 Å². The Kier molecular flexibility index (Phi) is 7.11. The van der Waals surface area contributed by atoms with Crippen molar-refractivity contribution >= 4 is 33.7 Å². The molecule has 0 bridgehead atoms. The van der Waals surface area contributed by atoms with Crippen LogP contribution < -0.4 is 20.1 Å². The minimum atomic E-state index is -0.806. The Morgan fingerprint density at radius 2 is 1.63 bits per heavy atom. The molecule has 0 aliphatic carbocycles. The lowest BCUT2D eigenvalue weighted by Crippen LogP contribution is -2.36. The third-order valence-corrected chi connectivity index (χ3v) is 5.69. The van der Waals surface area contributed by atoms with Gasteiger partial charge in [0.2, 0.25) is 5.91 Å². The highest BCUT2D eigenvalue weighted by Gasteiger charge is 2.23. The van der Waals surface area contributed by atoms with Gasteiger partial charge in [-0.15, -0.1) is 4.91 Å². The maximum atomic E-state index is 13.5. The summed E-state index contributed by atoms with van der Waals surface area (Å²) < 4.78 is 10.7. The summed E-state index contributed by atoms with van der Waals surface area (Å²) in [4.78, 5) is 25.0. The van der Waals surface area contributed by atoms with E-state index in [1.807, 2.05) is 30.3 Å². The van der Waals surface area contributed by atoms with E-state index in [-0.39, 0.29) is 23.0 Å². The number of anilines is 2. The zero-order chi connectivity index (χ0) is 24.8. The van der Waals surface area contributed by atoms with Gasteiger partial charge < -0.3 is 25.2 Å². The zero-order valence-corrected chi connectivity index (χ0v) is 19.3. The number of hydrogen-bond acceptors (Lipinski definition) is 7. The van der Waals surface area contributed by atoms with E-state index in [4.69, 9.17) is 9.47 Å². The highest BCUT2D eigenvalue weighted by Crippen LogP contribution is 2.39. The summed E-state index contributed by atoms with van der Waals surface area (Å²) in [5.74, 6) is 0.590. The first-order valence-corrected chi connectivity index (χ1v) is 11.0. The first-order chi connectivity index (χ1) is 17.0. The van der Waals surface area contributed by atoms with E-state index in [9.17, 15) is 14.8 Å². The predicted octanol–water partition coefficient (Wildman–Crippen LogP) is 5.62. The molecule has 178 valence electrons. The number of nitrogens with zero attached hydrogens (tertiary/aromatic N) is 1. The Bertz CT molecular complexity index is 1360. The first-order valence-electron chi connectivity index (χ1n) is 11.0. The summed E-state index contributed by atoms with van der Waals surface area (Å²) in [6, 6.07) is 22.1. The van der Waals surface area contributed by atoms with Gasteiger partial charge in [0.25, 0.3) is 0 Å². The molecule has 0 unspecified atom stereocenters. The maximum Gasteiger partial charge on any atom is 0.247 e. The molecule has 4 aromatic rings. The van der Waals surface area contributed by atoms with Crippen molar-refractivity contribution < 1.29 is 19.4 Å². The lowest BCUT2D eigenvalue weighted by Gasteiger charge is -2.22. The highest BCUT2D eigenvalue weighted by atomic mass is 16.5. The van der Waals surface area contributed by atoms with Crippen molar-refractivity contribution in [2.24, 2.45) is 5.18 Å². The van der Waals surface area contributed by atoms with Gasteiger partial charge in [-0.05, 0) is 28.9 Å². The van der Waals surface area contributed by atoms with Crippen LogP contribution in [0.15, 0.2) is 84.0 Å². The van der Waals surface area contributed by atoms with Crippen LogP contribution in [-0.2, 0) is 11.2 Å². The predicted molar refractivity (Wildman–Crippen MR) is 137 cm³/mol. The molecule has 0 saturated heterocycles. The fourth-order valence-corrected chi connectivity index (χ4v) is 3.90. The van der Waals surface area contributed by atoms with E-state index < -0.39 is 6.04 Å². The van der Waals surface area contributed by atoms with E-state index in [0.717, 1.165) is 5.56 Å². The normalized spacial score (nSPS) is 11.5. The van der Waals surface area contributed by atoms with E-state index in [2.05, 4.69) is 15.8 Å². The number of ether oxygens (including phenoxy) is 2. The average molecular weight is 472 g/mol. The molecule has 0 aliphatic heterocycles. The number of methoxy groups -OCH3 is 2. The van der Waals surface area contributed by atoms with Gasteiger partial charge in [0.05, 0.1) is 25.6 Å². The molecule has 8 heteroatoms. The number of carbonyl (C=O) groups excluding carboxylic acids is 1. The van der Waals surface area contributed by atoms with Gasteiger partial charge in [0, 0.05) is 23.3 Å². The molecular weight excluding hydrogens is 446 g/mol. The number of benzene rings is 4. The fraction of sp³-hybridized carbons (Fsp3) is 0.148. The van der Waals surface area contributed by atoms with Crippen molar-refractivity contribution in [3.63, 3.8) is 0 Å². The van der Waals surface area contributed by atoms with Gasteiger partial charge in [-0.25, -0.2) is 0 Å². The molecule has 4 rings (SSSR count). The number of nitroso groups, excluding NO2 is 1. The summed E-state index contributed by atoms with van der Waals surface area (Å²) in [6.45, 7) is 0. The Morgan fingerprint density at radius 3 is 2.31 bits per heavy atom. The number of fused-ring (bicyclic) bond motifs is 1. The van der Waals surface area contributed by atoms with Crippen LogP contribution in [0.25, 0.3) is 10.8 Å². The van der Waals surface area contributed by atoms with Crippen LogP contribution in [0.1, 0.15) is 5.56 Å². The SMILES string of the molecule is COc1ccc(OC)c(NC(=O)[C@@H](Cc2ccccc2)Nc2cc(N=O)c3ccccc3c2O)c1. The monoisotopic (exact) mass is 471 g/mol. The minimum absolute atomic E-state index is 0.0715. The third kappa shape index (κ3) is 5.16. The number of aromatic hydroxyl groups is 1. The minimum Gasteiger partial charge on any atom is -0.505 e. The molecule has 35 heavy (non-hydrogen) atoms. The van der Waals surface area contributed by atoms with Crippen LogP contribution >= 0.6 is 0 Å².